The highest BCUT2D eigenvalue weighted by Gasteiger charge is 2.00. The Balaban J connectivity index is 2.11. The van der Waals surface area contributed by atoms with E-state index in [2.05, 4.69) is 42.6 Å². The predicted molar refractivity (Wildman–Crippen MR) is 79.9 cm³/mol. The van der Waals surface area contributed by atoms with Gasteiger partial charge in [-0.2, -0.15) is 0 Å². The van der Waals surface area contributed by atoms with Crippen molar-refractivity contribution in [3.05, 3.63) is 70.8 Å². The van der Waals surface area contributed by atoms with Crippen molar-refractivity contribution in [2.75, 3.05) is 7.05 Å². The molecule has 0 spiro atoms. The largest absolute Gasteiger partial charge is 0.355 e. The zero-order valence-electron chi connectivity index (χ0n) is 11.2. The number of amides is 1. The summed E-state index contributed by atoms with van der Waals surface area (Å²) in [6.07, 6.45) is 4.10. The third-order valence-corrected chi connectivity index (χ3v) is 2.95. The fourth-order valence-electron chi connectivity index (χ4n) is 1.76. The summed E-state index contributed by atoms with van der Waals surface area (Å²) in [5.41, 5.74) is 4.18. The van der Waals surface area contributed by atoms with E-state index < -0.39 is 0 Å². The Morgan fingerprint density at radius 2 is 1.37 bits per heavy atom. The molecule has 0 aliphatic rings. The summed E-state index contributed by atoms with van der Waals surface area (Å²) in [6, 6.07) is 15.9. The first-order valence-electron chi connectivity index (χ1n) is 6.26. The van der Waals surface area contributed by atoms with Crippen LogP contribution in [0.4, 0.5) is 0 Å². The molecule has 0 aliphatic carbocycles. The highest BCUT2D eigenvalue weighted by molar-refractivity contribution is 5.94. The molecule has 1 N–H and O–H groups in total. The lowest BCUT2D eigenvalue weighted by Crippen LogP contribution is -2.17. The average molecular weight is 251 g/mol. The van der Waals surface area contributed by atoms with Gasteiger partial charge in [-0.05, 0) is 30.2 Å². The number of aryl methyl sites for hydroxylation is 1. The van der Waals surface area contributed by atoms with Gasteiger partial charge in [0.15, 0.2) is 0 Å². The van der Waals surface area contributed by atoms with Crippen LogP contribution in [-0.2, 0) is 0 Å². The quantitative estimate of drug-likeness (QED) is 0.831. The first kappa shape index (κ1) is 13.1. The first-order valence-corrected chi connectivity index (χ1v) is 6.26. The molecule has 0 saturated carbocycles. The summed E-state index contributed by atoms with van der Waals surface area (Å²) in [6.45, 7) is 2.07. The fraction of sp³-hybridized carbons (Fsp3) is 0.118. The number of carbonyl (C=O) groups is 1. The van der Waals surface area contributed by atoms with Crippen LogP contribution in [0.1, 0.15) is 27.0 Å². The molecular weight excluding hydrogens is 234 g/mol. The number of hydrogen-bond acceptors (Lipinski definition) is 1. The molecule has 2 heteroatoms. The molecule has 0 aliphatic heterocycles. The van der Waals surface area contributed by atoms with Crippen molar-refractivity contribution in [3.63, 3.8) is 0 Å². The number of benzene rings is 2. The maximum Gasteiger partial charge on any atom is 0.251 e. The molecular formula is C17H17NO. The summed E-state index contributed by atoms with van der Waals surface area (Å²) < 4.78 is 0. The Labute approximate surface area is 113 Å². The lowest BCUT2D eigenvalue weighted by Gasteiger charge is -2.00. The second kappa shape index (κ2) is 6.01. The van der Waals surface area contributed by atoms with Gasteiger partial charge in [-0.15, -0.1) is 0 Å². The molecule has 2 aromatic carbocycles. The molecule has 2 rings (SSSR count). The van der Waals surface area contributed by atoms with Gasteiger partial charge in [0.1, 0.15) is 0 Å². The van der Waals surface area contributed by atoms with Crippen molar-refractivity contribution in [2.45, 2.75) is 6.92 Å². The number of rotatable bonds is 3. The third-order valence-electron chi connectivity index (χ3n) is 2.95. The molecule has 2 aromatic rings. The van der Waals surface area contributed by atoms with E-state index in [-0.39, 0.29) is 5.91 Å². The average Bonchev–Trinajstić information content (AvgIpc) is 2.46. The van der Waals surface area contributed by atoms with E-state index >= 15 is 0 Å². The van der Waals surface area contributed by atoms with Crippen molar-refractivity contribution in [3.8, 4) is 0 Å². The summed E-state index contributed by atoms with van der Waals surface area (Å²) in [5, 5.41) is 2.61. The highest BCUT2D eigenvalue weighted by atomic mass is 16.1. The summed E-state index contributed by atoms with van der Waals surface area (Å²) in [5.74, 6) is -0.0611. The van der Waals surface area contributed by atoms with Crippen LogP contribution in [0.5, 0.6) is 0 Å². The minimum atomic E-state index is -0.0611. The van der Waals surface area contributed by atoms with Crippen LogP contribution >= 0.6 is 0 Å². The molecule has 96 valence electrons. The first-order chi connectivity index (χ1) is 9.19. The third kappa shape index (κ3) is 3.55. The molecule has 19 heavy (non-hydrogen) atoms. The van der Waals surface area contributed by atoms with E-state index in [1.165, 1.54) is 11.1 Å². The van der Waals surface area contributed by atoms with Crippen LogP contribution in [0.25, 0.3) is 12.2 Å². The van der Waals surface area contributed by atoms with Crippen molar-refractivity contribution >= 4 is 18.1 Å². The topological polar surface area (TPSA) is 29.1 Å². The van der Waals surface area contributed by atoms with Crippen LogP contribution in [0, 0.1) is 6.92 Å². The zero-order chi connectivity index (χ0) is 13.7. The van der Waals surface area contributed by atoms with Crippen molar-refractivity contribution < 1.29 is 4.79 Å². The molecule has 0 fully saturated rings. The Morgan fingerprint density at radius 3 is 1.84 bits per heavy atom. The molecule has 0 atom stereocenters. The number of hydrogen-bond donors (Lipinski definition) is 1. The van der Waals surface area contributed by atoms with Gasteiger partial charge in [-0.3, -0.25) is 4.79 Å². The smallest absolute Gasteiger partial charge is 0.251 e. The molecule has 2 nitrogen and oxygen atoms in total. The maximum absolute atomic E-state index is 11.4. The van der Waals surface area contributed by atoms with Gasteiger partial charge in [0.05, 0.1) is 0 Å². The maximum atomic E-state index is 11.4. The molecule has 1 amide bonds. The van der Waals surface area contributed by atoms with Gasteiger partial charge < -0.3 is 5.32 Å². The van der Waals surface area contributed by atoms with Crippen molar-refractivity contribution in [1.29, 1.82) is 0 Å². The molecule has 0 unspecified atom stereocenters. The lowest BCUT2D eigenvalue weighted by molar-refractivity contribution is 0.0963. The Hall–Kier alpha value is -2.35. The van der Waals surface area contributed by atoms with Gasteiger partial charge in [-0.25, -0.2) is 0 Å². The molecule has 0 bridgehead atoms. The lowest BCUT2D eigenvalue weighted by atomic mass is 10.1. The minimum Gasteiger partial charge on any atom is -0.355 e. The van der Waals surface area contributed by atoms with E-state index in [9.17, 15) is 4.79 Å². The predicted octanol–water partition coefficient (Wildman–Crippen LogP) is 3.53. The van der Waals surface area contributed by atoms with Crippen LogP contribution in [0.2, 0.25) is 0 Å². The Morgan fingerprint density at radius 1 is 0.895 bits per heavy atom. The molecule has 0 radical (unpaired) electrons. The fourth-order valence-corrected chi connectivity index (χ4v) is 1.76. The summed E-state index contributed by atoms with van der Waals surface area (Å²) >= 11 is 0. The Kier molecular flexibility index (Phi) is 4.14. The SMILES string of the molecule is CNC(=O)c1ccc(/C=C/c2ccc(C)cc2)cc1. The molecule has 0 heterocycles. The molecule has 0 aromatic heterocycles. The molecule has 0 saturated heterocycles. The van der Waals surface area contributed by atoms with Crippen LogP contribution in [-0.4, -0.2) is 13.0 Å². The van der Waals surface area contributed by atoms with E-state index in [4.69, 9.17) is 0 Å². The van der Waals surface area contributed by atoms with Gasteiger partial charge in [0, 0.05) is 12.6 Å². The number of nitrogens with one attached hydrogen (secondary N) is 1. The van der Waals surface area contributed by atoms with Gasteiger partial charge in [-0.1, -0.05) is 54.1 Å². The standard InChI is InChI=1S/C17H17NO/c1-13-3-5-14(6-4-13)7-8-15-9-11-16(12-10-15)17(19)18-2/h3-12H,1-2H3,(H,18,19)/b8-7+. The summed E-state index contributed by atoms with van der Waals surface area (Å²) in [7, 11) is 1.63. The van der Waals surface area contributed by atoms with E-state index in [0.29, 0.717) is 5.56 Å². The van der Waals surface area contributed by atoms with Gasteiger partial charge in [0.25, 0.3) is 5.91 Å². The van der Waals surface area contributed by atoms with Gasteiger partial charge in [0.2, 0.25) is 0 Å². The van der Waals surface area contributed by atoms with Gasteiger partial charge >= 0.3 is 0 Å². The number of carbonyl (C=O) groups excluding carboxylic acids is 1. The normalized spacial score (nSPS) is 10.6. The van der Waals surface area contributed by atoms with Crippen LogP contribution in [0.3, 0.4) is 0 Å². The van der Waals surface area contributed by atoms with Crippen LogP contribution < -0.4 is 5.32 Å². The highest BCUT2D eigenvalue weighted by Crippen LogP contribution is 2.10. The second-order valence-electron chi connectivity index (χ2n) is 4.45. The van der Waals surface area contributed by atoms with Crippen molar-refractivity contribution in [1.82, 2.24) is 5.32 Å². The summed E-state index contributed by atoms with van der Waals surface area (Å²) in [4.78, 5) is 11.4. The van der Waals surface area contributed by atoms with E-state index in [1.807, 2.05) is 30.3 Å². The van der Waals surface area contributed by atoms with E-state index in [1.54, 1.807) is 7.05 Å². The van der Waals surface area contributed by atoms with E-state index in [0.717, 1.165) is 5.56 Å². The minimum absolute atomic E-state index is 0.0611. The zero-order valence-corrected chi connectivity index (χ0v) is 11.2. The van der Waals surface area contributed by atoms with Crippen molar-refractivity contribution in [2.24, 2.45) is 0 Å². The second-order valence-corrected chi connectivity index (χ2v) is 4.45. The Bertz CT molecular complexity index is 580. The van der Waals surface area contributed by atoms with Crippen LogP contribution in [0.15, 0.2) is 48.5 Å². The monoisotopic (exact) mass is 251 g/mol.